The summed E-state index contributed by atoms with van der Waals surface area (Å²) >= 11 is 0. The summed E-state index contributed by atoms with van der Waals surface area (Å²) in [6.45, 7) is 9.93. The molecule has 0 radical (unpaired) electrons. The Morgan fingerprint density at radius 3 is 2.24 bits per heavy atom. The zero-order valence-electron chi connectivity index (χ0n) is 11.6. The molecular weight excluding hydrogens is 212 g/mol. The zero-order valence-corrected chi connectivity index (χ0v) is 11.6. The molecule has 0 aromatic carbocycles. The molecule has 0 amide bonds. The summed E-state index contributed by atoms with van der Waals surface area (Å²) in [5.41, 5.74) is 6.93. The quantitative estimate of drug-likeness (QED) is 0.846. The smallest absolute Gasteiger partial charge is 0.130 e. The van der Waals surface area contributed by atoms with Crippen LogP contribution >= 0.6 is 0 Å². The Morgan fingerprint density at radius 1 is 1.29 bits per heavy atom. The van der Waals surface area contributed by atoms with Crippen LogP contribution in [0.1, 0.15) is 45.0 Å². The van der Waals surface area contributed by atoms with Gasteiger partial charge in [-0.2, -0.15) is 0 Å². The van der Waals surface area contributed by atoms with Gasteiger partial charge in [-0.15, -0.1) is 0 Å². The Morgan fingerprint density at radius 2 is 1.82 bits per heavy atom. The first-order valence-corrected chi connectivity index (χ1v) is 6.06. The van der Waals surface area contributed by atoms with E-state index in [9.17, 15) is 0 Å². The molecule has 4 heteroatoms. The molecule has 0 fully saturated rings. The third-order valence-electron chi connectivity index (χ3n) is 2.37. The molecule has 0 bridgehead atoms. The number of likely N-dealkylation sites (N-methyl/N-ethyl adjacent to an activating group) is 1. The largest absolute Gasteiger partial charge is 0.324 e. The average Bonchev–Trinajstić information content (AvgIpc) is 2.15. The molecule has 0 aliphatic heterocycles. The zero-order chi connectivity index (χ0) is 13.1. The third kappa shape index (κ3) is 5.24. The predicted molar refractivity (Wildman–Crippen MR) is 70.7 cm³/mol. The predicted octanol–water partition coefficient (Wildman–Crippen LogP) is 1.77. The molecule has 96 valence electrons. The van der Waals surface area contributed by atoms with Gasteiger partial charge in [0.25, 0.3) is 0 Å². The monoisotopic (exact) mass is 236 g/mol. The van der Waals surface area contributed by atoms with Gasteiger partial charge in [0.2, 0.25) is 0 Å². The van der Waals surface area contributed by atoms with Gasteiger partial charge >= 0.3 is 0 Å². The summed E-state index contributed by atoms with van der Waals surface area (Å²) in [6.07, 6.45) is 3.81. The highest BCUT2D eigenvalue weighted by atomic mass is 15.1. The van der Waals surface area contributed by atoms with Gasteiger partial charge in [-0.1, -0.05) is 13.8 Å². The summed E-state index contributed by atoms with van der Waals surface area (Å²) in [5, 5.41) is 0. The molecule has 0 saturated carbocycles. The number of nitrogens with zero attached hydrogens (tertiary/aromatic N) is 3. The maximum absolute atomic E-state index is 5.98. The fraction of sp³-hybridized carbons (Fsp3) is 0.692. The summed E-state index contributed by atoms with van der Waals surface area (Å²) < 4.78 is 0. The van der Waals surface area contributed by atoms with Crippen molar-refractivity contribution in [2.24, 2.45) is 5.73 Å². The van der Waals surface area contributed by atoms with Crippen LogP contribution in [0.4, 0.5) is 0 Å². The van der Waals surface area contributed by atoms with Gasteiger partial charge in [0, 0.05) is 42.5 Å². The average molecular weight is 236 g/mol. The van der Waals surface area contributed by atoms with Crippen molar-refractivity contribution in [2.45, 2.75) is 45.7 Å². The standard InChI is InChI=1S/C13H24N4/c1-10(2)12-15-6-11(7-16-12)8-17(5)9-13(3,4)14/h6-7,10H,8-9,14H2,1-5H3. The molecule has 0 spiro atoms. The molecular formula is C13H24N4. The second-order valence-electron chi connectivity index (χ2n) is 5.77. The highest BCUT2D eigenvalue weighted by Crippen LogP contribution is 2.09. The minimum atomic E-state index is -0.173. The third-order valence-corrected chi connectivity index (χ3v) is 2.37. The number of aromatic nitrogens is 2. The maximum Gasteiger partial charge on any atom is 0.130 e. The lowest BCUT2D eigenvalue weighted by molar-refractivity contribution is 0.262. The molecule has 1 aromatic heterocycles. The van der Waals surface area contributed by atoms with E-state index in [2.05, 4.69) is 35.8 Å². The van der Waals surface area contributed by atoms with Crippen molar-refractivity contribution in [1.82, 2.24) is 14.9 Å². The van der Waals surface area contributed by atoms with E-state index in [0.717, 1.165) is 24.5 Å². The molecule has 2 N–H and O–H groups in total. The van der Waals surface area contributed by atoms with Crippen molar-refractivity contribution in [3.05, 3.63) is 23.8 Å². The summed E-state index contributed by atoms with van der Waals surface area (Å²) in [5.74, 6) is 1.28. The van der Waals surface area contributed by atoms with E-state index in [1.807, 2.05) is 26.2 Å². The number of hydrogen-bond acceptors (Lipinski definition) is 4. The second kappa shape index (κ2) is 5.56. The van der Waals surface area contributed by atoms with Crippen LogP contribution in [-0.4, -0.2) is 34.0 Å². The van der Waals surface area contributed by atoms with Crippen molar-refractivity contribution in [2.75, 3.05) is 13.6 Å². The lowest BCUT2D eigenvalue weighted by atomic mass is 10.1. The fourth-order valence-electron chi connectivity index (χ4n) is 1.81. The van der Waals surface area contributed by atoms with E-state index in [-0.39, 0.29) is 5.54 Å². The number of rotatable bonds is 5. The van der Waals surface area contributed by atoms with E-state index in [0.29, 0.717) is 5.92 Å². The SMILES string of the molecule is CC(C)c1ncc(CN(C)CC(C)(C)N)cn1. The first-order chi connectivity index (χ1) is 7.78. The van der Waals surface area contributed by atoms with Crippen LogP contribution in [0.2, 0.25) is 0 Å². The lowest BCUT2D eigenvalue weighted by Crippen LogP contribution is -2.43. The van der Waals surface area contributed by atoms with E-state index in [1.54, 1.807) is 0 Å². The molecule has 0 aliphatic carbocycles. The van der Waals surface area contributed by atoms with Crippen molar-refractivity contribution in [3.63, 3.8) is 0 Å². The van der Waals surface area contributed by atoms with Crippen LogP contribution in [0, 0.1) is 0 Å². The molecule has 1 heterocycles. The van der Waals surface area contributed by atoms with Crippen molar-refractivity contribution in [1.29, 1.82) is 0 Å². The highest BCUT2D eigenvalue weighted by Gasteiger charge is 2.14. The van der Waals surface area contributed by atoms with Crippen LogP contribution in [-0.2, 0) is 6.54 Å². The van der Waals surface area contributed by atoms with Gasteiger partial charge in [0.05, 0.1) is 0 Å². The van der Waals surface area contributed by atoms with E-state index < -0.39 is 0 Å². The van der Waals surface area contributed by atoms with Crippen molar-refractivity contribution in [3.8, 4) is 0 Å². The van der Waals surface area contributed by atoms with Gasteiger partial charge in [-0.05, 0) is 20.9 Å². The van der Waals surface area contributed by atoms with Crippen molar-refractivity contribution < 1.29 is 0 Å². The molecule has 0 aliphatic rings. The molecule has 17 heavy (non-hydrogen) atoms. The molecule has 0 unspecified atom stereocenters. The first kappa shape index (κ1) is 14.1. The number of nitrogens with two attached hydrogens (primary N) is 1. The minimum absolute atomic E-state index is 0.173. The van der Waals surface area contributed by atoms with E-state index >= 15 is 0 Å². The Hall–Kier alpha value is -1.00. The Kier molecular flexibility index (Phi) is 4.60. The Balaban J connectivity index is 2.57. The molecule has 4 nitrogen and oxygen atoms in total. The topological polar surface area (TPSA) is 55.0 Å². The van der Waals surface area contributed by atoms with Crippen LogP contribution in [0.25, 0.3) is 0 Å². The van der Waals surface area contributed by atoms with Crippen LogP contribution in [0.5, 0.6) is 0 Å². The van der Waals surface area contributed by atoms with Gasteiger partial charge in [-0.3, -0.25) is 0 Å². The van der Waals surface area contributed by atoms with Gasteiger partial charge < -0.3 is 10.6 Å². The Bertz CT molecular complexity index is 337. The number of hydrogen-bond donors (Lipinski definition) is 1. The Labute approximate surface area is 104 Å². The molecule has 1 rings (SSSR count). The maximum atomic E-state index is 5.98. The summed E-state index contributed by atoms with van der Waals surface area (Å²) in [6, 6.07) is 0. The fourth-order valence-corrected chi connectivity index (χ4v) is 1.81. The van der Waals surface area contributed by atoms with Gasteiger partial charge in [-0.25, -0.2) is 9.97 Å². The van der Waals surface area contributed by atoms with Crippen LogP contribution in [0.15, 0.2) is 12.4 Å². The summed E-state index contributed by atoms with van der Waals surface area (Å²) in [4.78, 5) is 10.9. The van der Waals surface area contributed by atoms with Crippen LogP contribution < -0.4 is 5.73 Å². The van der Waals surface area contributed by atoms with Crippen molar-refractivity contribution >= 4 is 0 Å². The first-order valence-electron chi connectivity index (χ1n) is 6.06. The van der Waals surface area contributed by atoms with E-state index in [4.69, 9.17) is 5.73 Å². The van der Waals surface area contributed by atoms with E-state index in [1.165, 1.54) is 0 Å². The lowest BCUT2D eigenvalue weighted by Gasteiger charge is -2.26. The minimum Gasteiger partial charge on any atom is -0.324 e. The normalized spacial score (nSPS) is 12.5. The van der Waals surface area contributed by atoms with Gasteiger partial charge in [0.15, 0.2) is 0 Å². The second-order valence-corrected chi connectivity index (χ2v) is 5.77. The van der Waals surface area contributed by atoms with Gasteiger partial charge in [0.1, 0.15) is 5.82 Å². The molecule has 0 saturated heterocycles. The molecule has 0 atom stereocenters. The molecule has 1 aromatic rings. The highest BCUT2D eigenvalue weighted by molar-refractivity contribution is 5.06. The summed E-state index contributed by atoms with van der Waals surface area (Å²) in [7, 11) is 2.06. The van der Waals surface area contributed by atoms with Crippen LogP contribution in [0.3, 0.4) is 0 Å².